The fraction of sp³-hybridized carbons (Fsp3) is 0.125. The normalized spacial score (nSPS) is 11.4. The third-order valence-electron chi connectivity index (χ3n) is 4.15. The van der Waals surface area contributed by atoms with Crippen molar-refractivity contribution in [2.75, 3.05) is 5.32 Å². The van der Waals surface area contributed by atoms with Gasteiger partial charge in [-0.3, -0.25) is 0 Å². The number of halogens is 3. The first-order valence-electron chi connectivity index (χ1n) is 10.1. The fourth-order valence-electron chi connectivity index (χ4n) is 2.50. The number of aliphatic imine (C=N–C) groups is 2. The van der Waals surface area contributed by atoms with Crippen LogP contribution in [0.2, 0.25) is 0 Å². The Morgan fingerprint density at radius 3 is 2.31 bits per heavy atom. The van der Waals surface area contributed by atoms with Crippen LogP contribution in [-0.2, 0) is 0 Å². The summed E-state index contributed by atoms with van der Waals surface area (Å²) in [4.78, 5) is 12.8. The van der Waals surface area contributed by atoms with E-state index in [0.717, 1.165) is 34.1 Å². The highest BCUT2D eigenvalue weighted by Gasteiger charge is 2.30. The maximum atomic E-state index is 12.0. The number of aromatic nitrogens is 1. The van der Waals surface area contributed by atoms with Crippen LogP contribution in [0.4, 0.5) is 24.7 Å². The molecular formula is C24H23F3N6OS. The van der Waals surface area contributed by atoms with Gasteiger partial charge in [-0.25, -0.2) is 15.0 Å². The van der Waals surface area contributed by atoms with Gasteiger partial charge in [0.15, 0.2) is 0 Å². The summed E-state index contributed by atoms with van der Waals surface area (Å²) >= 11 is 4.89. The third-order valence-corrected chi connectivity index (χ3v) is 4.25. The second-order valence-corrected chi connectivity index (χ2v) is 7.53. The van der Waals surface area contributed by atoms with Gasteiger partial charge in [0.25, 0.3) is 0 Å². The smallest absolute Gasteiger partial charge is 0.406 e. The number of rotatable bonds is 6. The van der Waals surface area contributed by atoms with Crippen molar-refractivity contribution >= 4 is 47.1 Å². The lowest BCUT2D eigenvalue weighted by Crippen LogP contribution is -2.16. The molecule has 0 radical (unpaired) electrons. The lowest BCUT2D eigenvalue weighted by atomic mass is 10.1. The third kappa shape index (κ3) is 10.1. The van der Waals surface area contributed by atoms with Crippen LogP contribution >= 0.6 is 12.2 Å². The summed E-state index contributed by atoms with van der Waals surface area (Å²) in [6.45, 7) is 3.83. The summed E-state index contributed by atoms with van der Waals surface area (Å²) < 4.78 is 39.9. The number of alkyl halides is 3. The molecule has 182 valence electrons. The second-order valence-electron chi connectivity index (χ2n) is 6.92. The van der Waals surface area contributed by atoms with E-state index in [4.69, 9.17) is 23.4 Å². The number of aryl methyl sites for hydroxylation is 1. The number of hydrogen-bond acceptors (Lipinski definition) is 5. The van der Waals surface area contributed by atoms with Crippen molar-refractivity contribution in [2.45, 2.75) is 20.2 Å². The highest BCUT2D eigenvalue weighted by atomic mass is 32.1. The Hall–Kier alpha value is -4.12. The summed E-state index contributed by atoms with van der Waals surface area (Å²) in [6, 6.07) is 15.8. The molecule has 1 heterocycles. The molecule has 0 unspecified atom stereocenters. The number of benzene rings is 2. The van der Waals surface area contributed by atoms with Gasteiger partial charge in [-0.05, 0) is 55.3 Å². The number of pyridine rings is 1. The molecule has 0 spiro atoms. The van der Waals surface area contributed by atoms with Gasteiger partial charge in [0.05, 0.1) is 10.7 Å². The Kier molecular flexibility index (Phi) is 10.0. The molecule has 0 aliphatic rings. The quantitative estimate of drug-likeness (QED) is 0.225. The van der Waals surface area contributed by atoms with Gasteiger partial charge >= 0.3 is 6.36 Å². The van der Waals surface area contributed by atoms with Gasteiger partial charge in [-0.15, -0.1) is 13.2 Å². The van der Waals surface area contributed by atoms with E-state index < -0.39 is 6.36 Å². The van der Waals surface area contributed by atoms with E-state index in [1.54, 1.807) is 30.5 Å². The van der Waals surface area contributed by atoms with Crippen LogP contribution < -0.4 is 15.8 Å². The molecule has 35 heavy (non-hydrogen) atoms. The number of anilines is 1. The van der Waals surface area contributed by atoms with Crippen molar-refractivity contribution < 1.29 is 17.9 Å². The lowest BCUT2D eigenvalue weighted by Gasteiger charge is -2.08. The number of ether oxygens (including phenoxy) is 1. The average molecular weight is 501 g/mol. The molecule has 2 aromatic carbocycles. The van der Waals surface area contributed by atoms with Gasteiger partial charge in [0, 0.05) is 18.0 Å². The van der Waals surface area contributed by atoms with E-state index in [1.165, 1.54) is 24.7 Å². The molecular weight excluding hydrogens is 477 g/mol. The Morgan fingerprint density at radius 1 is 1.11 bits per heavy atom. The molecule has 0 aliphatic heterocycles. The highest BCUT2D eigenvalue weighted by Crippen LogP contribution is 2.24. The molecule has 0 saturated carbocycles. The Labute approximate surface area is 206 Å². The number of nitrogens with two attached hydrogens (primary N) is 1. The van der Waals surface area contributed by atoms with E-state index in [2.05, 4.69) is 25.0 Å². The molecule has 7 nitrogen and oxygen atoms in total. The standard InChI is InChI=1S/C16H13F3N4O.C8H10N2S/c17-16(18,19)24-14-7-5-13(6-8-14)22-10-23-15(21)12-3-1-11(9-20)2-4-12;1-6-4-3-5-9-8(6)10-7(2)11/h1-10,20H,(H2,21,22,23);3-5H,1-2H3,(H,9,10,11). The second kappa shape index (κ2) is 12.9. The van der Waals surface area contributed by atoms with Crippen molar-refractivity contribution in [1.82, 2.24) is 4.98 Å². The van der Waals surface area contributed by atoms with Crippen LogP contribution in [0.3, 0.4) is 0 Å². The van der Waals surface area contributed by atoms with Crippen molar-refractivity contribution in [3.63, 3.8) is 0 Å². The number of nitrogens with zero attached hydrogens (tertiary/aromatic N) is 3. The number of nitrogens with one attached hydrogen (secondary N) is 2. The maximum absolute atomic E-state index is 12.0. The van der Waals surface area contributed by atoms with Crippen molar-refractivity contribution in [1.29, 1.82) is 5.41 Å². The molecule has 0 saturated heterocycles. The van der Waals surface area contributed by atoms with Crippen LogP contribution in [0, 0.1) is 12.3 Å². The van der Waals surface area contributed by atoms with E-state index in [9.17, 15) is 13.2 Å². The van der Waals surface area contributed by atoms with Crippen LogP contribution in [0.5, 0.6) is 5.75 Å². The molecule has 0 atom stereocenters. The molecule has 0 bridgehead atoms. The summed E-state index contributed by atoms with van der Waals surface area (Å²) in [5, 5.41) is 10.1. The molecule has 0 fully saturated rings. The van der Waals surface area contributed by atoms with E-state index in [0.29, 0.717) is 11.3 Å². The van der Waals surface area contributed by atoms with Gasteiger partial charge in [0.2, 0.25) is 0 Å². The first kappa shape index (κ1) is 27.1. The van der Waals surface area contributed by atoms with Crippen LogP contribution in [-0.4, -0.2) is 34.7 Å². The number of amidine groups is 1. The summed E-state index contributed by atoms with van der Waals surface area (Å²) in [7, 11) is 0. The predicted molar refractivity (Wildman–Crippen MR) is 137 cm³/mol. The lowest BCUT2D eigenvalue weighted by molar-refractivity contribution is -0.274. The minimum absolute atomic E-state index is 0.229. The minimum atomic E-state index is -4.73. The Morgan fingerprint density at radius 2 is 1.77 bits per heavy atom. The summed E-state index contributed by atoms with van der Waals surface area (Å²) in [5.74, 6) is 0.753. The molecule has 0 aliphatic carbocycles. The largest absolute Gasteiger partial charge is 0.573 e. The zero-order chi connectivity index (χ0) is 25.8. The number of thiocarbonyl (C=S) groups is 1. The SMILES string of the molecule is CC(=S)Nc1ncccc1C.N=Cc1ccc(C(N)=NC=Nc2ccc(OC(F)(F)F)cc2)cc1. The molecule has 4 N–H and O–H groups in total. The Bertz CT molecular complexity index is 1190. The fourth-order valence-corrected chi connectivity index (χ4v) is 2.60. The topological polar surface area (TPSA) is 109 Å². The van der Waals surface area contributed by atoms with Crippen molar-refractivity contribution in [3.8, 4) is 5.75 Å². The van der Waals surface area contributed by atoms with Crippen molar-refractivity contribution in [3.05, 3.63) is 83.6 Å². The molecule has 11 heteroatoms. The average Bonchev–Trinajstić information content (AvgIpc) is 2.81. The maximum Gasteiger partial charge on any atom is 0.573 e. The first-order valence-corrected chi connectivity index (χ1v) is 10.5. The molecule has 3 rings (SSSR count). The zero-order valence-corrected chi connectivity index (χ0v) is 19.7. The van der Waals surface area contributed by atoms with Gasteiger partial charge in [0.1, 0.15) is 23.7 Å². The first-order chi connectivity index (χ1) is 16.6. The zero-order valence-electron chi connectivity index (χ0n) is 18.9. The van der Waals surface area contributed by atoms with Crippen LogP contribution in [0.1, 0.15) is 23.6 Å². The monoisotopic (exact) mass is 500 g/mol. The molecule has 3 aromatic rings. The summed E-state index contributed by atoms with van der Waals surface area (Å²) in [5.41, 5.74) is 8.72. The van der Waals surface area contributed by atoms with E-state index >= 15 is 0 Å². The molecule has 1 aromatic heterocycles. The molecule has 0 amide bonds. The highest BCUT2D eigenvalue weighted by molar-refractivity contribution is 7.80. The number of hydrogen-bond donors (Lipinski definition) is 3. The van der Waals surface area contributed by atoms with Crippen molar-refractivity contribution in [2.24, 2.45) is 15.7 Å². The summed E-state index contributed by atoms with van der Waals surface area (Å²) in [6.07, 6.45) is -0.561. The van der Waals surface area contributed by atoms with Gasteiger partial charge in [-0.2, -0.15) is 0 Å². The van der Waals surface area contributed by atoms with Gasteiger partial charge in [-0.1, -0.05) is 42.5 Å². The Balaban J connectivity index is 0.000000328. The predicted octanol–water partition coefficient (Wildman–Crippen LogP) is 5.80. The van der Waals surface area contributed by atoms with Gasteiger partial charge < -0.3 is 21.2 Å². The van der Waals surface area contributed by atoms with E-state index in [1.807, 2.05) is 26.0 Å². The van der Waals surface area contributed by atoms with E-state index in [-0.39, 0.29) is 11.6 Å². The minimum Gasteiger partial charge on any atom is -0.406 e. The van der Waals surface area contributed by atoms with Crippen LogP contribution in [0.15, 0.2) is 76.8 Å². The van der Waals surface area contributed by atoms with Crippen LogP contribution in [0.25, 0.3) is 0 Å².